The number of nitrogen functional groups attached to an aromatic ring is 1. The summed E-state index contributed by atoms with van der Waals surface area (Å²) in [7, 11) is -3.24. The van der Waals surface area contributed by atoms with E-state index in [-0.39, 0.29) is 18.5 Å². The molecule has 5 N–H and O–H groups in total. The molecule has 0 bridgehead atoms. The van der Waals surface area contributed by atoms with Crippen LogP contribution in [0.2, 0.25) is 0 Å². The summed E-state index contributed by atoms with van der Waals surface area (Å²) in [6.45, 7) is 3.20. The average Bonchev–Trinajstić information content (AvgIpc) is 2.91. The maximum atomic E-state index is 13.2. The maximum absolute atomic E-state index is 13.2. The van der Waals surface area contributed by atoms with E-state index < -0.39 is 16.3 Å². The highest BCUT2D eigenvalue weighted by atomic mass is 32.2. The van der Waals surface area contributed by atoms with Crippen LogP contribution in [0.25, 0.3) is 10.8 Å². The normalized spacial score (nSPS) is 14.1. The van der Waals surface area contributed by atoms with Crippen LogP contribution >= 0.6 is 0 Å². The molecule has 1 amide bonds. The standard InChI is InChI=1S/C27H32N6O5S/c1-18(28)32-13-11-25(12-14-32)38-24-9-7-23(8-10-24)33(39(35,36)31-27(34)37-2)17-19-3-4-20-5-6-21(26(29)30)16-22(20)15-19/h3-10,15-16,25,28H,11-14,17H2,1-2H3,(H3,29,30)(H,31,34). The number of ether oxygens (including phenoxy) is 2. The smallest absolute Gasteiger partial charge is 0.422 e. The molecule has 12 heteroatoms. The fraction of sp³-hybridized carbons (Fsp3) is 0.296. The van der Waals surface area contributed by atoms with Crippen LogP contribution in [0.5, 0.6) is 5.75 Å². The minimum Gasteiger partial charge on any atom is -0.490 e. The van der Waals surface area contributed by atoms with E-state index in [9.17, 15) is 13.2 Å². The SMILES string of the molecule is COC(=O)NS(=O)(=O)N(Cc1ccc2ccc(C(=N)N)cc2c1)c1ccc(OC2CCN(C(C)=N)CC2)cc1. The van der Waals surface area contributed by atoms with Gasteiger partial charge in [-0.3, -0.25) is 10.8 Å². The lowest BCUT2D eigenvalue weighted by Gasteiger charge is -2.33. The number of piperidine rings is 1. The molecule has 1 fully saturated rings. The van der Waals surface area contributed by atoms with Gasteiger partial charge < -0.3 is 20.1 Å². The molecule has 1 aliphatic heterocycles. The first kappa shape index (κ1) is 27.7. The second-order valence-corrected chi connectivity index (χ2v) is 10.9. The minimum absolute atomic E-state index is 0.00442. The van der Waals surface area contributed by atoms with Gasteiger partial charge in [-0.15, -0.1) is 0 Å². The van der Waals surface area contributed by atoms with Crippen LogP contribution in [0.15, 0.2) is 60.7 Å². The van der Waals surface area contributed by atoms with Crippen LogP contribution < -0.4 is 19.5 Å². The summed E-state index contributed by atoms with van der Waals surface area (Å²) in [4.78, 5) is 13.8. The van der Waals surface area contributed by atoms with Gasteiger partial charge in [-0.1, -0.05) is 24.3 Å². The van der Waals surface area contributed by atoms with Crippen molar-refractivity contribution in [3.63, 3.8) is 0 Å². The van der Waals surface area contributed by atoms with E-state index >= 15 is 0 Å². The maximum Gasteiger partial charge on any atom is 0.422 e. The number of methoxy groups -OCH3 is 1. The zero-order valence-electron chi connectivity index (χ0n) is 21.8. The van der Waals surface area contributed by atoms with Crippen molar-refractivity contribution in [2.75, 3.05) is 24.5 Å². The number of hydrogen-bond acceptors (Lipinski definition) is 7. The summed E-state index contributed by atoms with van der Waals surface area (Å²) in [6, 6.07) is 17.5. The number of nitrogens with zero attached hydrogens (tertiary/aromatic N) is 2. The lowest BCUT2D eigenvalue weighted by molar-refractivity contribution is 0.130. The molecule has 206 valence electrons. The van der Waals surface area contributed by atoms with Gasteiger partial charge in [0.25, 0.3) is 0 Å². The fourth-order valence-corrected chi connectivity index (χ4v) is 5.56. The predicted molar refractivity (Wildman–Crippen MR) is 151 cm³/mol. The molecule has 0 aromatic heterocycles. The van der Waals surface area contributed by atoms with E-state index in [2.05, 4.69) is 4.74 Å². The number of likely N-dealkylation sites (tertiary alicyclic amines) is 1. The average molecular weight is 553 g/mol. The van der Waals surface area contributed by atoms with Crippen LogP contribution in [0.3, 0.4) is 0 Å². The van der Waals surface area contributed by atoms with E-state index in [1.807, 2.05) is 27.8 Å². The van der Waals surface area contributed by atoms with Crippen LogP contribution in [-0.2, 0) is 21.5 Å². The van der Waals surface area contributed by atoms with E-state index in [1.165, 1.54) is 0 Å². The first-order chi connectivity index (χ1) is 18.6. The zero-order valence-corrected chi connectivity index (χ0v) is 22.6. The fourth-order valence-electron chi connectivity index (χ4n) is 4.44. The van der Waals surface area contributed by atoms with Crippen LogP contribution in [0, 0.1) is 10.8 Å². The van der Waals surface area contributed by atoms with E-state index in [1.54, 1.807) is 49.4 Å². The highest BCUT2D eigenvalue weighted by Crippen LogP contribution is 2.27. The van der Waals surface area contributed by atoms with Gasteiger partial charge in [-0.25, -0.2) is 13.8 Å². The third kappa shape index (κ3) is 6.77. The van der Waals surface area contributed by atoms with E-state index in [0.29, 0.717) is 28.4 Å². The van der Waals surface area contributed by atoms with Gasteiger partial charge in [0.15, 0.2) is 0 Å². The summed E-state index contributed by atoms with van der Waals surface area (Å²) in [5.41, 5.74) is 7.17. The van der Waals surface area contributed by atoms with Crippen molar-refractivity contribution in [2.45, 2.75) is 32.4 Å². The molecule has 3 aromatic rings. The molecule has 0 spiro atoms. The summed E-state index contributed by atoms with van der Waals surface area (Å²) < 4.78 is 40.0. The van der Waals surface area contributed by atoms with Crippen molar-refractivity contribution >= 4 is 44.4 Å². The van der Waals surface area contributed by atoms with Gasteiger partial charge in [-0.05, 0) is 59.7 Å². The predicted octanol–water partition coefficient (Wildman–Crippen LogP) is 3.57. The number of carbonyl (C=O) groups excluding carboxylic acids is 1. The highest BCUT2D eigenvalue weighted by Gasteiger charge is 2.26. The van der Waals surface area contributed by atoms with Crippen LogP contribution in [-0.4, -0.2) is 57.4 Å². The lowest BCUT2D eigenvalue weighted by Crippen LogP contribution is -2.43. The minimum atomic E-state index is -4.33. The van der Waals surface area contributed by atoms with Gasteiger partial charge in [0, 0.05) is 31.5 Å². The number of carbonyl (C=O) groups is 1. The molecule has 0 radical (unpaired) electrons. The van der Waals surface area contributed by atoms with E-state index in [4.69, 9.17) is 21.3 Å². The van der Waals surface area contributed by atoms with Gasteiger partial charge in [0.05, 0.1) is 25.2 Å². The Labute approximate surface area is 227 Å². The zero-order chi connectivity index (χ0) is 28.2. The first-order valence-corrected chi connectivity index (χ1v) is 13.8. The first-order valence-electron chi connectivity index (χ1n) is 12.4. The molecule has 1 aliphatic rings. The van der Waals surface area contributed by atoms with Crippen molar-refractivity contribution < 1.29 is 22.7 Å². The van der Waals surface area contributed by atoms with Gasteiger partial charge in [-0.2, -0.15) is 8.42 Å². The number of fused-ring (bicyclic) bond motifs is 1. The molecule has 0 aliphatic carbocycles. The lowest BCUT2D eigenvalue weighted by atomic mass is 10.0. The number of amides is 1. The Morgan fingerprint density at radius 2 is 1.72 bits per heavy atom. The Morgan fingerprint density at radius 3 is 2.33 bits per heavy atom. The van der Waals surface area contributed by atoms with Gasteiger partial charge in [0.1, 0.15) is 17.7 Å². The Kier molecular flexibility index (Phi) is 8.24. The molecule has 4 rings (SSSR count). The molecule has 0 atom stereocenters. The molecular weight excluding hydrogens is 520 g/mol. The third-order valence-electron chi connectivity index (χ3n) is 6.57. The Hall–Kier alpha value is -4.32. The molecule has 11 nitrogen and oxygen atoms in total. The number of benzene rings is 3. The van der Waals surface area contributed by atoms with Crippen molar-refractivity contribution in [1.29, 1.82) is 10.8 Å². The highest BCUT2D eigenvalue weighted by molar-refractivity contribution is 7.91. The third-order valence-corrected chi connectivity index (χ3v) is 7.92. The second-order valence-electron chi connectivity index (χ2n) is 9.30. The summed E-state index contributed by atoms with van der Waals surface area (Å²) >= 11 is 0. The quantitative estimate of drug-likeness (QED) is 0.245. The Balaban J connectivity index is 1.58. The molecule has 1 saturated heterocycles. The van der Waals surface area contributed by atoms with Crippen molar-refractivity contribution in [3.05, 3.63) is 71.8 Å². The topological polar surface area (TPSA) is 162 Å². The Morgan fingerprint density at radius 1 is 1.05 bits per heavy atom. The van der Waals surface area contributed by atoms with Crippen molar-refractivity contribution in [3.8, 4) is 5.75 Å². The monoisotopic (exact) mass is 552 g/mol. The number of rotatable bonds is 8. The van der Waals surface area contributed by atoms with E-state index in [0.717, 1.165) is 48.1 Å². The summed E-state index contributed by atoms with van der Waals surface area (Å²) in [5, 5.41) is 17.2. The van der Waals surface area contributed by atoms with Gasteiger partial charge >= 0.3 is 16.3 Å². The second kappa shape index (κ2) is 11.6. The largest absolute Gasteiger partial charge is 0.490 e. The number of amidine groups is 2. The number of nitrogens with two attached hydrogens (primary N) is 1. The molecule has 0 saturated carbocycles. The molecule has 3 aromatic carbocycles. The summed E-state index contributed by atoms with van der Waals surface area (Å²) in [5.74, 6) is 1.08. The molecule has 0 unspecified atom stereocenters. The van der Waals surface area contributed by atoms with Crippen LogP contribution in [0.4, 0.5) is 10.5 Å². The van der Waals surface area contributed by atoms with Crippen LogP contribution in [0.1, 0.15) is 30.9 Å². The van der Waals surface area contributed by atoms with Crippen molar-refractivity contribution in [1.82, 2.24) is 9.62 Å². The molecular formula is C27H32N6O5S. The van der Waals surface area contributed by atoms with Gasteiger partial charge in [0.2, 0.25) is 0 Å². The number of anilines is 1. The Bertz CT molecular complexity index is 1480. The number of hydrogen-bond donors (Lipinski definition) is 4. The number of nitrogens with one attached hydrogen (secondary N) is 3. The summed E-state index contributed by atoms with van der Waals surface area (Å²) in [6.07, 6.45) is 0.477. The van der Waals surface area contributed by atoms with Crippen molar-refractivity contribution in [2.24, 2.45) is 5.73 Å². The molecule has 39 heavy (non-hydrogen) atoms. The molecule has 1 heterocycles.